The number of nitrogens with zero attached hydrogens (tertiary/aromatic N) is 2. The zero-order valence-electron chi connectivity index (χ0n) is 6.17. The standard InChI is InChI=1S/C6H11IN2O/c1-6(4-10-3)9(5-7)8-2/h4H,2,5H2,1,3H3/b6-4-. The van der Waals surface area contributed by atoms with Gasteiger partial charge in [0.15, 0.2) is 0 Å². The Morgan fingerprint density at radius 2 is 2.50 bits per heavy atom. The van der Waals surface area contributed by atoms with Crippen molar-refractivity contribution in [3.63, 3.8) is 0 Å². The van der Waals surface area contributed by atoms with Crippen LogP contribution in [0, 0.1) is 0 Å². The molecule has 0 fully saturated rings. The highest BCUT2D eigenvalue weighted by atomic mass is 127. The topological polar surface area (TPSA) is 24.8 Å². The van der Waals surface area contributed by atoms with Gasteiger partial charge in [-0.25, -0.2) is 0 Å². The molecule has 0 saturated carbocycles. The summed E-state index contributed by atoms with van der Waals surface area (Å²) >= 11 is 2.20. The summed E-state index contributed by atoms with van der Waals surface area (Å²) < 4.78 is 5.58. The minimum absolute atomic E-state index is 0.785. The molecule has 0 bridgehead atoms. The van der Waals surface area contributed by atoms with E-state index in [2.05, 4.69) is 34.4 Å². The summed E-state index contributed by atoms with van der Waals surface area (Å²) in [5.41, 5.74) is 0.951. The molecule has 0 aliphatic carbocycles. The van der Waals surface area contributed by atoms with Crippen molar-refractivity contribution in [3.05, 3.63) is 12.0 Å². The lowest BCUT2D eigenvalue weighted by Crippen LogP contribution is -2.11. The second kappa shape index (κ2) is 5.52. The van der Waals surface area contributed by atoms with Crippen molar-refractivity contribution in [2.45, 2.75) is 6.92 Å². The molecule has 58 valence electrons. The van der Waals surface area contributed by atoms with E-state index >= 15 is 0 Å². The molecule has 0 aliphatic heterocycles. The third kappa shape index (κ3) is 3.05. The average Bonchev–Trinajstić information content (AvgIpc) is 1.91. The Hall–Kier alpha value is -0.260. The second-order valence-corrected chi connectivity index (χ2v) is 2.34. The largest absolute Gasteiger partial charge is 0.502 e. The van der Waals surface area contributed by atoms with Crippen LogP contribution in [-0.4, -0.2) is 23.4 Å². The highest BCUT2D eigenvalue weighted by Gasteiger charge is 1.97. The Morgan fingerprint density at radius 1 is 1.90 bits per heavy atom. The van der Waals surface area contributed by atoms with Crippen LogP contribution in [0.15, 0.2) is 17.1 Å². The number of hydrogen-bond donors (Lipinski definition) is 0. The fraction of sp³-hybridized carbons (Fsp3) is 0.500. The van der Waals surface area contributed by atoms with Gasteiger partial charge in [-0.05, 0) is 6.92 Å². The molecule has 0 amide bonds. The van der Waals surface area contributed by atoms with Crippen molar-refractivity contribution in [2.75, 3.05) is 11.7 Å². The van der Waals surface area contributed by atoms with Crippen LogP contribution in [0.3, 0.4) is 0 Å². The molecule has 4 heteroatoms. The maximum atomic E-state index is 4.79. The van der Waals surface area contributed by atoms with Gasteiger partial charge in [0.25, 0.3) is 0 Å². The molecule has 0 saturated heterocycles. The Kier molecular flexibility index (Phi) is 5.38. The lowest BCUT2D eigenvalue weighted by Gasteiger charge is -2.14. The summed E-state index contributed by atoms with van der Waals surface area (Å²) in [5.74, 6) is 0. The van der Waals surface area contributed by atoms with Crippen molar-refractivity contribution in [1.29, 1.82) is 0 Å². The maximum Gasteiger partial charge on any atom is 0.103 e. The summed E-state index contributed by atoms with van der Waals surface area (Å²) in [5, 5.41) is 5.49. The first-order valence-electron chi connectivity index (χ1n) is 2.76. The van der Waals surface area contributed by atoms with Crippen molar-refractivity contribution >= 4 is 29.3 Å². The van der Waals surface area contributed by atoms with E-state index in [-0.39, 0.29) is 0 Å². The van der Waals surface area contributed by atoms with E-state index in [1.54, 1.807) is 18.4 Å². The zero-order chi connectivity index (χ0) is 7.98. The molecular weight excluding hydrogens is 243 g/mol. The quantitative estimate of drug-likeness (QED) is 0.191. The van der Waals surface area contributed by atoms with Crippen LogP contribution in [0.2, 0.25) is 0 Å². The monoisotopic (exact) mass is 254 g/mol. The second-order valence-electron chi connectivity index (χ2n) is 1.66. The van der Waals surface area contributed by atoms with Gasteiger partial charge < -0.3 is 4.74 Å². The predicted molar refractivity (Wildman–Crippen MR) is 51.0 cm³/mol. The third-order valence-electron chi connectivity index (χ3n) is 0.979. The lowest BCUT2D eigenvalue weighted by atomic mass is 10.5. The number of hydrogen-bond acceptors (Lipinski definition) is 3. The highest BCUT2D eigenvalue weighted by molar-refractivity contribution is 14.1. The van der Waals surface area contributed by atoms with Gasteiger partial charge in [0.1, 0.15) is 6.26 Å². The highest BCUT2D eigenvalue weighted by Crippen LogP contribution is 2.05. The molecule has 0 aliphatic rings. The number of alkyl halides is 1. The van der Waals surface area contributed by atoms with Crippen LogP contribution in [0.5, 0.6) is 0 Å². The lowest BCUT2D eigenvalue weighted by molar-refractivity contribution is 0.312. The number of methoxy groups -OCH3 is 1. The van der Waals surface area contributed by atoms with E-state index in [0.29, 0.717) is 0 Å². The van der Waals surface area contributed by atoms with Crippen LogP contribution >= 0.6 is 22.6 Å². The Labute approximate surface area is 74.9 Å². The smallest absolute Gasteiger partial charge is 0.103 e. The van der Waals surface area contributed by atoms with Crippen LogP contribution in [-0.2, 0) is 4.74 Å². The van der Waals surface area contributed by atoms with E-state index in [4.69, 9.17) is 4.74 Å². The Morgan fingerprint density at radius 3 is 2.80 bits per heavy atom. The molecule has 0 aromatic rings. The van der Waals surface area contributed by atoms with Crippen LogP contribution in [0.4, 0.5) is 0 Å². The molecule has 0 atom stereocenters. The summed E-state index contributed by atoms with van der Waals surface area (Å²) in [6, 6.07) is 0. The van der Waals surface area contributed by atoms with Gasteiger partial charge in [-0.15, -0.1) is 0 Å². The van der Waals surface area contributed by atoms with Crippen LogP contribution in [0.25, 0.3) is 0 Å². The van der Waals surface area contributed by atoms with Crippen molar-refractivity contribution in [3.8, 4) is 0 Å². The molecule has 0 heterocycles. The first kappa shape index (κ1) is 9.74. The Balaban J connectivity index is 4.00. The number of allylic oxidation sites excluding steroid dienone is 1. The summed E-state index contributed by atoms with van der Waals surface area (Å²) in [6.45, 7) is 5.32. The molecule has 10 heavy (non-hydrogen) atoms. The van der Waals surface area contributed by atoms with Gasteiger partial charge in [0.05, 0.1) is 17.4 Å². The van der Waals surface area contributed by atoms with E-state index in [1.807, 2.05) is 6.92 Å². The van der Waals surface area contributed by atoms with E-state index in [0.717, 1.165) is 10.2 Å². The van der Waals surface area contributed by atoms with Gasteiger partial charge in [0.2, 0.25) is 0 Å². The molecule has 0 spiro atoms. The SMILES string of the molecule is C=NN(CI)/C(C)=C\OC. The third-order valence-corrected chi connectivity index (χ3v) is 1.63. The molecule has 0 rings (SSSR count). The van der Waals surface area contributed by atoms with Gasteiger partial charge in [-0.1, -0.05) is 22.6 Å². The predicted octanol–water partition coefficient (Wildman–Crippen LogP) is 1.80. The molecule has 0 aromatic heterocycles. The van der Waals surface area contributed by atoms with E-state index < -0.39 is 0 Å². The summed E-state index contributed by atoms with van der Waals surface area (Å²) in [6.07, 6.45) is 1.63. The number of rotatable bonds is 4. The van der Waals surface area contributed by atoms with E-state index in [1.165, 1.54) is 0 Å². The van der Waals surface area contributed by atoms with E-state index in [9.17, 15) is 0 Å². The van der Waals surface area contributed by atoms with Gasteiger partial charge in [-0.2, -0.15) is 5.10 Å². The minimum Gasteiger partial charge on any atom is -0.502 e. The molecule has 0 unspecified atom stereocenters. The summed E-state index contributed by atoms with van der Waals surface area (Å²) in [7, 11) is 1.61. The molecular formula is C6H11IN2O. The fourth-order valence-corrected chi connectivity index (χ4v) is 1.23. The first-order chi connectivity index (χ1) is 4.76. The number of ether oxygens (including phenoxy) is 1. The van der Waals surface area contributed by atoms with Crippen LogP contribution in [0.1, 0.15) is 6.92 Å². The fourth-order valence-electron chi connectivity index (χ4n) is 0.475. The number of halogens is 1. The van der Waals surface area contributed by atoms with Crippen molar-refractivity contribution in [2.24, 2.45) is 5.10 Å². The first-order valence-corrected chi connectivity index (χ1v) is 4.28. The van der Waals surface area contributed by atoms with Gasteiger partial charge in [-0.3, -0.25) is 5.01 Å². The normalized spacial score (nSPS) is 10.9. The summed E-state index contributed by atoms with van der Waals surface area (Å²) in [4.78, 5) is 0. The van der Waals surface area contributed by atoms with Crippen molar-refractivity contribution in [1.82, 2.24) is 5.01 Å². The average molecular weight is 254 g/mol. The molecule has 0 radical (unpaired) electrons. The maximum absolute atomic E-state index is 4.79. The molecule has 0 aromatic carbocycles. The van der Waals surface area contributed by atoms with Gasteiger partial charge >= 0.3 is 0 Å². The molecule has 3 nitrogen and oxygen atoms in total. The minimum atomic E-state index is 0.785. The van der Waals surface area contributed by atoms with Crippen molar-refractivity contribution < 1.29 is 4.74 Å². The Bertz CT molecular complexity index is 136. The van der Waals surface area contributed by atoms with Gasteiger partial charge in [0, 0.05) is 6.72 Å². The zero-order valence-corrected chi connectivity index (χ0v) is 8.33. The van der Waals surface area contributed by atoms with Crippen LogP contribution < -0.4 is 0 Å². The number of hydrazone groups is 1. The molecule has 0 N–H and O–H groups in total.